The second-order valence-corrected chi connectivity index (χ2v) is 20.8. The van der Waals surface area contributed by atoms with Crippen molar-refractivity contribution in [3.05, 3.63) is 146 Å². The summed E-state index contributed by atoms with van der Waals surface area (Å²) in [6.45, 7) is 24.0. The number of aliphatic carboxylic acids is 16. The predicted molar refractivity (Wildman–Crippen MR) is 429 cm³/mol. The maximum Gasteiger partial charge on any atom is 0.349 e. The lowest BCUT2D eigenvalue weighted by atomic mass is 9.66. The number of ether oxygens (including phenoxy) is 1. The van der Waals surface area contributed by atoms with E-state index >= 15 is 0 Å². The lowest BCUT2D eigenvalue weighted by Crippen LogP contribution is -2.49. The third kappa shape index (κ3) is 106. The molecular weight excluding hydrogens is 1870 g/mol. The van der Waals surface area contributed by atoms with Gasteiger partial charge < -0.3 is 146 Å². The fourth-order valence-corrected chi connectivity index (χ4v) is 5.24. The molecule has 0 fully saturated rings. The summed E-state index contributed by atoms with van der Waals surface area (Å²) in [6, 6.07) is 0. The predicted octanol–water partition coefficient (Wildman–Crippen LogP) is -7.50. The van der Waals surface area contributed by atoms with Crippen molar-refractivity contribution in [1.82, 2.24) is 0 Å². The van der Waals surface area contributed by atoms with Crippen LogP contribution in [0.1, 0.15) is 86.5 Å². The van der Waals surface area contributed by atoms with E-state index in [1.165, 1.54) is 6.92 Å². The van der Waals surface area contributed by atoms with Gasteiger partial charge in [-0.2, -0.15) is 59.0 Å². The molecule has 762 valence electrons. The zero-order valence-corrected chi connectivity index (χ0v) is 68.1. The molecule has 1 heterocycles. The molecule has 3 unspecified atom stereocenters. The SMILES string of the molecule is C.C.C=C(CC(=O)O)C(=O)O.C=C(CC(=O)ON)C(=O)O.C=C(CC(=O)ON)C(=O)O.C=C(CC(=O)ON)C(=O)O.C=C(CC(=O)ON)C(=O)O.C=C(CC(=O)ON)C(=O)O.C=C(CC(=O)ON)C(=O)O.CCC(CC(=O)ON)(C(=O)O)C(C(=O)O)C(C)C(=O)ON.NOC(=O)/C=C\C(=O)O.NOC(=O)/C=C\C(=O)O.O.O.O=C(O)/C=C\C(=O)O.O=C(O)/C=C\C(=O)O.O=C1C=CC(=O)O1. The highest BCUT2D eigenvalue weighted by molar-refractivity contribution is 6.05. The zero-order chi connectivity index (χ0) is 106. The largest absolute Gasteiger partial charge is 0.481 e. The van der Waals surface area contributed by atoms with Gasteiger partial charge in [0.1, 0.15) is 0 Å². The van der Waals surface area contributed by atoms with Gasteiger partial charge in [0, 0.05) is 99.8 Å². The third-order valence-electron chi connectivity index (χ3n) is 11.2. The topological polar surface area (TPSA) is 1230 Å². The van der Waals surface area contributed by atoms with Crippen molar-refractivity contribution in [1.29, 1.82) is 0 Å². The number of rotatable bonds is 37. The zero-order valence-electron chi connectivity index (χ0n) is 68.1. The highest BCUT2D eigenvalue weighted by atomic mass is 16.7. The number of carboxylic acids is 16. The van der Waals surface area contributed by atoms with Crippen molar-refractivity contribution in [3.63, 3.8) is 0 Å². The van der Waals surface area contributed by atoms with Gasteiger partial charge in [-0.15, -0.1) is 0 Å². The summed E-state index contributed by atoms with van der Waals surface area (Å²) in [5.41, 5.74) is -3.83. The van der Waals surface area contributed by atoms with Crippen LogP contribution < -0.4 is 59.0 Å². The minimum atomic E-state index is -2.09. The molecular formula is C68H98N10O57. The second kappa shape index (κ2) is 92.0. The summed E-state index contributed by atoms with van der Waals surface area (Å²) in [4.78, 5) is 322. The minimum absolute atomic E-state index is 0. The maximum atomic E-state index is 11.6. The summed E-state index contributed by atoms with van der Waals surface area (Å²) in [7, 11) is 0. The summed E-state index contributed by atoms with van der Waals surface area (Å²) in [5, 5.41) is 131. The molecule has 0 aromatic heterocycles. The number of carbonyl (C=O) groups excluding carboxylic acids is 12. The first-order valence-corrected chi connectivity index (χ1v) is 31.6. The fraction of sp³-hybridized carbons (Fsp3) is 0.235. The van der Waals surface area contributed by atoms with Gasteiger partial charge in [0.15, 0.2) is 0 Å². The minimum Gasteiger partial charge on any atom is -0.481 e. The molecule has 0 bridgehead atoms. The number of carboxylic acid groups (broad SMARTS) is 16. The molecule has 0 amide bonds. The Bertz CT molecular complexity index is 3890. The average Bonchev–Trinajstić information content (AvgIpc) is 1.52. The van der Waals surface area contributed by atoms with Crippen LogP contribution in [0.5, 0.6) is 0 Å². The Balaban J connectivity index is -0.0000000818. The Morgan fingerprint density at radius 1 is 0.319 bits per heavy atom. The lowest BCUT2D eigenvalue weighted by molar-refractivity contribution is -0.176. The molecule has 40 N–H and O–H groups in total. The van der Waals surface area contributed by atoms with Crippen LogP contribution in [0.15, 0.2) is 146 Å². The maximum absolute atomic E-state index is 11.6. The molecule has 0 spiro atoms. The van der Waals surface area contributed by atoms with Crippen LogP contribution >= 0.6 is 0 Å². The van der Waals surface area contributed by atoms with Gasteiger partial charge in [0.25, 0.3) is 0 Å². The van der Waals surface area contributed by atoms with Crippen LogP contribution in [0.25, 0.3) is 0 Å². The smallest absolute Gasteiger partial charge is 0.349 e. The quantitative estimate of drug-likeness (QED) is 0.0119. The molecule has 0 aromatic rings. The molecule has 135 heavy (non-hydrogen) atoms. The first-order chi connectivity index (χ1) is 60.0. The van der Waals surface area contributed by atoms with Gasteiger partial charge in [0.05, 0.1) is 68.6 Å². The van der Waals surface area contributed by atoms with Crippen molar-refractivity contribution in [3.8, 4) is 0 Å². The standard InChI is InChI=1S/C11H18N2O8.6C5H7NO4.C5H6O4.2C4H5NO4.2C4H4O4.C4H2O3.2CH4.2H2O/c1-3-11(10(18)19,4-6(14)20-12)7(8(15)16)5(2)9(17)21-13;6*1-3(5(8)9)2-4(7)10-6;1-3(5(8)9)2-4(6)7;2*5-9-4(8)2-1-3(6)7;2*5-3(6)1-2-4(7)8;5-3-1-2-4(6)7-3;;;;/h5,7H,3-4,12-13H2,1-2H3,(H,15,16)(H,18,19);6*1-2,6H2,(H,8,9);1-2H2,(H,6,7)(H,8,9);2*1-2H,5H2,(H,6,7);2*1-2H,(H,5,6)(H,7,8);1-2H;2*1H4;2*1H2/b;;;;;;;;4*2-1-;;;;;. The van der Waals surface area contributed by atoms with Gasteiger partial charge in [-0.05, 0) is 6.42 Å². The molecule has 1 aliphatic rings. The third-order valence-corrected chi connectivity index (χ3v) is 11.2. The van der Waals surface area contributed by atoms with Crippen molar-refractivity contribution < 1.29 is 280 Å². The highest BCUT2D eigenvalue weighted by Crippen LogP contribution is 2.41. The number of nitrogens with two attached hydrogens (primary N) is 10. The number of carbonyl (C=O) groups is 28. The molecule has 0 saturated heterocycles. The Hall–Kier alpha value is -18.2. The van der Waals surface area contributed by atoms with E-state index in [9.17, 15) is 144 Å². The van der Waals surface area contributed by atoms with Gasteiger partial charge in [0.2, 0.25) is 0 Å². The Kier molecular flexibility index (Phi) is 105. The van der Waals surface area contributed by atoms with Gasteiger partial charge in [-0.1, -0.05) is 74.8 Å². The Morgan fingerprint density at radius 3 is 0.615 bits per heavy atom. The fourth-order valence-electron chi connectivity index (χ4n) is 5.24. The second-order valence-electron chi connectivity index (χ2n) is 20.8. The molecule has 0 saturated carbocycles. The molecule has 1 aliphatic heterocycles. The van der Waals surface area contributed by atoms with Crippen molar-refractivity contribution in [2.45, 2.75) is 86.5 Å². The van der Waals surface area contributed by atoms with Crippen LogP contribution in [0.3, 0.4) is 0 Å². The van der Waals surface area contributed by atoms with Gasteiger partial charge in [-0.3, -0.25) is 52.7 Å². The Morgan fingerprint density at radius 2 is 0.504 bits per heavy atom. The van der Waals surface area contributed by atoms with Crippen molar-refractivity contribution in [2.75, 3.05) is 0 Å². The summed E-state index contributed by atoms with van der Waals surface area (Å²) in [5.74, 6) is 11.1. The van der Waals surface area contributed by atoms with Crippen LogP contribution in [0.4, 0.5) is 0 Å². The summed E-state index contributed by atoms with van der Waals surface area (Å²) < 4.78 is 3.97. The summed E-state index contributed by atoms with van der Waals surface area (Å²) >= 11 is 0. The van der Waals surface area contributed by atoms with Crippen molar-refractivity contribution >= 4 is 167 Å². The van der Waals surface area contributed by atoms with E-state index in [1.54, 1.807) is 0 Å². The Labute approximate surface area is 753 Å². The normalized spacial score (nSPS) is 10.2. The average molecular weight is 1970 g/mol. The molecule has 1 rings (SSSR count). The molecule has 0 radical (unpaired) electrons. The van der Waals surface area contributed by atoms with E-state index in [-0.39, 0.29) is 110 Å². The molecule has 67 nitrogen and oxygen atoms in total. The number of esters is 2. The van der Waals surface area contributed by atoms with Gasteiger partial charge >= 0.3 is 167 Å². The molecule has 0 aliphatic carbocycles. The van der Waals surface area contributed by atoms with Crippen LogP contribution in [0.2, 0.25) is 0 Å². The van der Waals surface area contributed by atoms with Gasteiger partial charge in [-0.25, -0.2) is 81.5 Å². The monoisotopic (exact) mass is 1970 g/mol. The van der Waals surface area contributed by atoms with E-state index in [2.05, 4.69) is 152 Å². The van der Waals surface area contributed by atoms with E-state index in [4.69, 9.17) is 77.4 Å². The van der Waals surface area contributed by atoms with Crippen LogP contribution in [-0.2, 0) is 187 Å². The molecule has 0 aromatic carbocycles. The van der Waals surface area contributed by atoms with Crippen LogP contribution in [0, 0.1) is 17.3 Å². The van der Waals surface area contributed by atoms with E-state index in [0.29, 0.717) is 48.6 Å². The highest BCUT2D eigenvalue weighted by Gasteiger charge is 2.54. The number of hydrogen-bond donors (Lipinski definition) is 26. The molecule has 3 atom stereocenters. The van der Waals surface area contributed by atoms with Crippen molar-refractivity contribution in [2.24, 2.45) is 76.2 Å². The van der Waals surface area contributed by atoms with E-state index in [0.717, 1.165) is 19.1 Å². The summed E-state index contributed by atoms with van der Waals surface area (Å²) in [6.07, 6.45) is 3.22. The molecule has 67 heteroatoms. The lowest BCUT2D eigenvalue weighted by Gasteiger charge is -2.35. The van der Waals surface area contributed by atoms with Crippen LogP contribution in [-0.4, -0.2) is 260 Å². The number of cyclic esters (lactones) is 2. The first-order valence-electron chi connectivity index (χ1n) is 31.6. The van der Waals surface area contributed by atoms with E-state index < -0.39 is 197 Å². The first kappa shape index (κ1) is 154. The number of hydrogen-bond acceptors (Lipinski definition) is 49. The van der Waals surface area contributed by atoms with E-state index in [1.807, 2.05) is 0 Å².